The number of hydrogen-bond donors (Lipinski definition) is 1. The summed E-state index contributed by atoms with van der Waals surface area (Å²) in [5, 5.41) is 0. The van der Waals surface area contributed by atoms with Crippen molar-refractivity contribution in [3.63, 3.8) is 0 Å². The summed E-state index contributed by atoms with van der Waals surface area (Å²) >= 11 is 0. The topological polar surface area (TPSA) is 67.9 Å². The molecule has 1 aromatic rings. The zero-order valence-corrected chi connectivity index (χ0v) is 15.5. The van der Waals surface area contributed by atoms with Gasteiger partial charge in [0.2, 0.25) is 10.0 Å². The molecule has 1 aromatic carbocycles. The van der Waals surface area contributed by atoms with E-state index in [1.54, 1.807) is 13.0 Å². The molecule has 134 valence electrons. The van der Waals surface area contributed by atoms with Gasteiger partial charge in [0, 0.05) is 30.7 Å². The Balaban J connectivity index is 1.80. The summed E-state index contributed by atoms with van der Waals surface area (Å²) in [5.41, 5.74) is 0.644. The van der Waals surface area contributed by atoms with E-state index < -0.39 is 10.0 Å². The van der Waals surface area contributed by atoms with Gasteiger partial charge in [-0.25, -0.2) is 13.1 Å². The van der Waals surface area contributed by atoms with E-state index in [0.29, 0.717) is 29.1 Å². The van der Waals surface area contributed by atoms with Crippen LogP contribution in [0.2, 0.25) is 0 Å². The predicted octanol–water partition coefficient (Wildman–Crippen LogP) is 1.92. The Labute approximate surface area is 144 Å². The number of nitrogens with zero attached hydrogens (tertiary/aromatic N) is 1. The van der Waals surface area contributed by atoms with Gasteiger partial charge in [-0.3, -0.25) is 4.90 Å². The minimum atomic E-state index is -3.60. The van der Waals surface area contributed by atoms with Gasteiger partial charge in [0.25, 0.3) is 0 Å². The highest BCUT2D eigenvalue weighted by Crippen LogP contribution is 2.35. The minimum absolute atomic E-state index is 0.0434. The second kappa shape index (κ2) is 6.54. The second-order valence-corrected chi connectivity index (χ2v) is 8.49. The van der Waals surface area contributed by atoms with E-state index in [9.17, 15) is 8.42 Å². The Kier molecular flexibility index (Phi) is 4.77. The molecule has 0 spiro atoms. The van der Waals surface area contributed by atoms with Crippen molar-refractivity contribution in [2.45, 2.75) is 56.1 Å². The summed E-state index contributed by atoms with van der Waals surface area (Å²) in [6.45, 7) is 4.73. The maximum Gasteiger partial charge on any atom is 0.241 e. The quantitative estimate of drug-likeness (QED) is 0.845. The fourth-order valence-electron chi connectivity index (χ4n) is 3.59. The molecule has 2 atom stereocenters. The van der Waals surface area contributed by atoms with Gasteiger partial charge in [-0.2, -0.15) is 0 Å². The minimum Gasteiger partial charge on any atom is -0.493 e. The van der Waals surface area contributed by atoms with E-state index in [1.807, 2.05) is 0 Å². The van der Waals surface area contributed by atoms with Crippen LogP contribution in [-0.4, -0.2) is 52.2 Å². The summed E-state index contributed by atoms with van der Waals surface area (Å²) in [6, 6.07) is 4.27. The number of aryl methyl sites for hydroxylation is 1. The van der Waals surface area contributed by atoms with E-state index in [2.05, 4.69) is 16.5 Å². The Morgan fingerprint density at radius 3 is 2.38 bits per heavy atom. The van der Waals surface area contributed by atoms with Gasteiger partial charge < -0.3 is 9.47 Å². The SMILES string of the molecule is COc1cc(C)c(S(=O)(=O)N[C@H]2C[C@@H](C)N(C3CC3)C2)cc1OC. The zero-order valence-electron chi connectivity index (χ0n) is 14.7. The first-order valence-electron chi connectivity index (χ1n) is 8.36. The van der Waals surface area contributed by atoms with Crippen LogP contribution < -0.4 is 14.2 Å². The van der Waals surface area contributed by atoms with Crippen LogP contribution in [0.25, 0.3) is 0 Å². The van der Waals surface area contributed by atoms with Crippen LogP contribution in [0.4, 0.5) is 0 Å². The average Bonchev–Trinajstić information content (AvgIpc) is 3.30. The third-order valence-electron chi connectivity index (χ3n) is 4.93. The molecule has 24 heavy (non-hydrogen) atoms. The van der Waals surface area contributed by atoms with E-state index in [0.717, 1.165) is 13.0 Å². The van der Waals surface area contributed by atoms with Crippen molar-refractivity contribution in [2.75, 3.05) is 20.8 Å². The second-order valence-electron chi connectivity index (χ2n) is 6.80. The fourth-order valence-corrected chi connectivity index (χ4v) is 5.07. The molecule has 1 saturated heterocycles. The molecule has 1 aliphatic carbocycles. The molecule has 6 nitrogen and oxygen atoms in total. The molecule has 1 heterocycles. The highest BCUT2D eigenvalue weighted by molar-refractivity contribution is 7.89. The molecule has 1 N–H and O–H groups in total. The number of methoxy groups -OCH3 is 2. The number of benzene rings is 1. The Morgan fingerprint density at radius 1 is 1.17 bits per heavy atom. The standard InChI is InChI=1S/C17H26N2O4S/c1-11-7-15(22-3)16(23-4)9-17(11)24(20,21)18-13-8-12(2)19(10-13)14-5-6-14/h7,9,12-14,18H,5-6,8,10H2,1-4H3/t12-,13+/m1/s1. The van der Waals surface area contributed by atoms with E-state index >= 15 is 0 Å². The van der Waals surface area contributed by atoms with Gasteiger partial charge in [-0.05, 0) is 44.7 Å². The first-order chi connectivity index (χ1) is 11.4. The van der Waals surface area contributed by atoms with Crippen LogP contribution in [-0.2, 0) is 10.0 Å². The third-order valence-corrected chi connectivity index (χ3v) is 6.59. The highest BCUT2D eigenvalue weighted by atomic mass is 32.2. The zero-order chi connectivity index (χ0) is 17.5. The van der Waals surface area contributed by atoms with Crippen molar-refractivity contribution in [1.29, 1.82) is 0 Å². The van der Waals surface area contributed by atoms with Gasteiger partial charge in [0.1, 0.15) is 0 Å². The largest absolute Gasteiger partial charge is 0.493 e. The summed E-state index contributed by atoms with van der Waals surface area (Å²) in [6.07, 6.45) is 3.32. The lowest BCUT2D eigenvalue weighted by Gasteiger charge is -2.20. The van der Waals surface area contributed by atoms with Crippen LogP contribution in [0, 0.1) is 6.92 Å². The number of nitrogens with one attached hydrogen (secondary N) is 1. The Hall–Kier alpha value is -1.31. The molecule has 2 aliphatic rings. The first-order valence-corrected chi connectivity index (χ1v) is 9.84. The number of ether oxygens (including phenoxy) is 2. The Bertz CT molecular complexity index is 716. The molecule has 1 aliphatic heterocycles. The summed E-state index contributed by atoms with van der Waals surface area (Å²) in [4.78, 5) is 2.67. The van der Waals surface area contributed by atoms with Crippen LogP contribution in [0.15, 0.2) is 17.0 Å². The normalized spacial score (nSPS) is 25.0. The summed E-state index contributed by atoms with van der Waals surface area (Å²) in [7, 11) is -0.555. The molecule has 2 fully saturated rings. The van der Waals surface area contributed by atoms with E-state index in [4.69, 9.17) is 9.47 Å². The van der Waals surface area contributed by atoms with Crippen molar-refractivity contribution in [3.05, 3.63) is 17.7 Å². The van der Waals surface area contributed by atoms with Gasteiger partial charge >= 0.3 is 0 Å². The maximum absolute atomic E-state index is 12.8. The highest BCUT2D eigenvalue weighted by Gasteiger charge is 2.40. The Morgan fingerprint density at radius 2 is 1.79 bits per heavy atom. The van der Waals surface area contributed by atoms with Crippen LogP contribution in [0.5, 0.6) is 11.5 Å². The van der Waals surface area contributed by atoms with Crippen LogP contribution in [0.3, 0.4) is 0 Å². The molecule has 1 saturated carbocycles. The lowest BCUT2D eigenvalue weighted by molar-refractivity contribution is 0.256. The number of sulfonamides is 1. The molecule has 0 aromatic heterocycles. The fraction of sp³-hybridized carbons (Fsp3) is 0.647. The summed E-state index contributed by atoms with van der Waals surface area (Å²) in [5.74, 6) is 0.950. The van der Waals surface area contributed by atoms with Crippen molar-refractivity contribution in [1.82, 2.24) is 9.62 Å². The van der Waals surface area contributed by atoms with Crippen molar-refractivity contribution < 1.29 is 17.9 Å². The molecule has 0 unspecified atom stereocenters. The van der Waals surface area contributed by atoms with E-state index in [1.165, 1.54) is 33.1 Å². The van der Waals surface area contributed by atoms with Crippen molar-refractivity contribution >= 4 is 10.0 Å². The lowest BCUT2D eigenvalue weighted by Crippen LogP contribution is -2.37. The van der Waals surface area contributed by atoms with Gasteiger partial charge in [0.15, 0.2) is 11.5 Å². The number of rotatable bonds is 6. The van der Waals surface area contributed by atoms with Gasteiger partial charge in [0.05, 0.1) is 19.1 Å². The van der Waals surface area contributed by atoms with E-state index in [-0.39, 0.29) is 10.9 Å². The molecule has 0 bridgehead atoms. The van der Waals surface area contributed by atoms with Crippen LogP contribution in [0.1, 0.15) is 31.7 Å². The number of hydrogen-bond acceptors (Lipinski definition) is 5. The monoisotopic (exact) mass is 354 g/mol. The molecular formula is C17H26N2O4S. The first kappa shape index (κ1) is 17.5. The number of likely N-dealkylation sites (tertiary alicyclic amines) is 1. The molecule has 3 rings (SSSR count). The van der Waals surface area contributed by atoms with Crippen molar-refractivity contribution in [3.8, 4) is 11.5 Å². The third kappa shape index (κ3) is 3.38. The van der Waals surface area contributed by atoms with Gasteiger partial charge in [-0.15, -0.1) is 0 Å². The molecule has 0 amide bonds. The van der Waals surface area contributed by atoms with Gasteiger partial charge in [-0.1, -0.05) is 0 Å². The molecule has 7 heteroatoms. The van der Waals surface area contributed by atoms with Crippen molar-refractivity contribution in [2.24, 2.45) is 0 Å². The van der Waals surface area contributed by atoms with Crippen LogP contribution >= 0.6 is 0 Å². The smallest absolute Gasteiger partial charge is 0.241 e. The summed E-state index contributed by atoms with van der Waals surface area (Å²) < 4.78 is 39.1. The molecular weight excluding hydrogens is 328 g/mol. The lowest BCUT2D eigenvalue weighted by atomic mass is 10.2. The predicted molar refractivity (Wildman–Crippen MR) is 92.2 cm³/mol. The maximum atomic E-state index is 12.8. The average molecular weight is 354 g/mol. The molecule has 0 radical (unpaired) electrons.